The maximum atomic E-state index is 12.2. The minimum atomic E-state index is -0.775. The summed E-state index contributed by atoms with van der Waals surface area (Å²) >= 11 is 0. The summed E-state index contributed by atoms with van der Waals surface area (Å²) in [5, 5.41) is 12.5. The van der Waals surface area contributed by atoms with Gasteiger partial charge in [0.1, 0.15) is 22.7 Å². The molecule has 1 amide bonds. The summed E-state index contributed by atoms with van der Waals surface area (Å²) in [4.78, 5) is 28.3. The minimum Gasteiger partial charge on any atom is -0.508 e. The lowest BCUT2D eigenvalue weighted by Gasteiger charge is -2.05. The summed E-state index contributed by atoms with van der Waals surface area (Å²) in [5.74, 6) is -0.256. The second-order valence-corrected chi connectivity index (χ2v) is 4.79. The van der Waals surface area contributed by atoms with Crippen molar-refractivity contribution in [3.63, 3.8) is 0 Å². The van der Waals surface area contributed by atoms with Crippen LogP contribution in [-0.2, 0) is 0 Å². The second kappa shape index (κ2) is 5.33. The van der Waals surface area contributed by atoms with Gasteiger partial charge in [0, 0.05) is 17.1 Å². The van der Waals surface area contributed by atoms with E-state index < -0.39 is 11.5 Å². The zero-order valence-electron chi connectivity index (χ0n) is 11.7. The molecule has 3 rings (SSSR count). The van der Waals surface area contributed by atoms with E-state index in [0.717, 1.165) is 5.69 Å². The normalized spacial score (nSPS) is 10.6. The molecular weight excluding hydrogens is 284 g/mol. The van der Waals surface area contributed by atoms with E-state index in [-0.39, 0.29) is 16.9 Å². The first-order chi connectivity index (χ1) is 10.5. The Kier molecular flexibility index (Phi) is 3.34. The Labute approximate surface area is 125 Å². The molecule has 110 valence electrons. The predicted molar refractivity (Wildman–Crippen MR) is 81.1 cm³/mol. The SMILES string of the molecule is Cc1cccc(NC(=O)c2cc3ccc(O)cc3oc2=O)n1. The van der Waals surface area contributed by atoms with Crippen molar-refractivity contribution in [3.05, 3.63) is 64.1 Å². The molecule has 3 aromatic rings. The van der Waals surface area contributed by atoms with Crippen molar-refractivity contribution >= 4 is 22.7 Å². The predicted octanol–water partition coefficient (Wildman–Crippen LogP) is 2.45. The van der Waals surface area contributed by atoms with E-state index in [2.05, 4.69) is 10.3 Å². The number of rotatable bonds is 2. The summed E-state index contributed by atoms with van der Waals surface area (Å²) < 4.78 is 5.06. The summed E-state index contributed by atoms with van der Waals surface area (Å²) in [6.07, 6.45) is 0. The largest absolute Gasteiger partial charge is 0.508 e. The Balaban J connectivity index is 1.98. The van der Waals surface area contributed by atoms with E-state index in [9.17, 15) is 14.7 Å². The summed E-state index contributed by atoms with van der Waals surface area (Å²) in [6, 6.07) is 10.9. The maximum absolute atomic E-state index is 12.2. The number of carbonyl (C=O) groups excluding carboxylic acids is 1. The van der Waals surface area contributed by atoms with Crippen LogP contribution in [0.15, 0.2) is 51.7 Å². The highest BCUT2D eigenvalue weighted by Crippen LogP contribution is 2.19. The van der Waals surface area contributed by atoms with Crippen molar-refractivity contribution in [2.24, 2.45) is 0 Å². The molecule has 0 aliphatic rings. The molecular formula is C16H12N2O4. The number of aromatic nitrogens is 1. The zero-order valence-corrected chi connectivity index (χ0v) is 11.7. The smallest absolute Gasteiger partial charge is 0.349 e. The Morgan fingerprint density at radius 2 is 2.05 bits per heavy atom. The fourth-order valence-electron chi connectivity index (χ4n) is 2.05. The molecule has 0 aliphatic heterocycles. The quantitative estimate of drug-likeness (QED) is 0.709. The van der Waals surface area contributed by atoms with Gasteiger partial charge in [-0.3, -0.25) is 4.79 Å². The number of hydrogen-bond acceptors (Lipinski definition) is 5. The van der Waals surface area contributed by atoms with E-state index in [4.69, 9.17) is 4.42 Å². The molecule has 2 N–H and O–H groups in total. The first-order valence-corrected chi connectivity index (χ1v) is 6.55. The van der Waals surface area contributed by atoms with Gasteiger partial charge in [-0.1, -0.05) is 6.07 Å². The van der Waals surface area contributed by atoms with Crippen LogP contribution in [0.25, 0.3) is 11.0 Å². The second-order valence-electron chi connectivity index (χ2n) is 4.79. The monoisotopic (exact) mass is 296 g/mol. The number of carbonyl (C=O) groups is 1. The highest BCUT2D eigenvalue weighted by molar-refractivity contribution is 6.05. The van der Waals surface area contributed by atoms with Gasteiger partial charge in [-0.2, -0.15) is 0 Å². The standard InChI is InChI=1S/C16H12N2O4/c1-9-3-2-4-14(17-9)18-15(20)12-7-10-5-6-11(19)8-13(10)22-16(12)21/h2-8,19H,1H3,(H,17,18,20). The van der Waals surface area contributed by atoms with Crippen molar-refractivity contribution in [2.75, 3.05) is 5.32 Å². The molecule has 0 radical (unpaired) electrons. The number of phenols is 1. The third-order valence-corrected chi connectivity index (χ3v) is 3.09. The van der Waals surface area contributed by atoms with Crippen molar-refractivity contribution in [1.29, 1.82) is 0 Å². The molecule has 22 heavy (non-hydrogen) atoms. The Morgan fingerprint density at radius 3 is 2.82 bits per heavy atom. The lowest BCUT2D eigenvalue weighted by atomic mass is 10.1. The van der Waals surface area contributed by atoms with E-state index in [1.54, 1.807) is 31.2 Å². The lowest BCUT2D eigenvalue weighted by Crippen LogP contribution is -2.21. The van der Waals surface area contributed by atoms with Gasteiger partial charge < -0.3 is 14.8 Å². The van der Waals surface area contributed by atoms with Crippen LogP contribution < -0.4 is 10.9 Å². The van der Waals surface area contributed by atoms with E-state index in [0.29, 0.717) is 11.2 Å². The van der Waals surface area contributed by atoms with Crippen LogP contribution in [0.1, 0.15) is 16.1 Å². The number of nitrogens with one attached hydrogen (secondary N) is 1. The van der Waals surface area contributed by atoms with Crippen LogP contribution in [0.2, 0.25) is 0 Å². The molecule has 6 heteroatoms. The van der Waals surface area contributed by atoms with Crippen LogP contribution in [0.5, 0.6) is 5.75 Å². The number of nitrogens with zero attached hydrogens (tertiary/aromatic N) is 1. The van der Waals surface area contributed by atoms with Crippen LogP contribution in [0.4, 0.5) is 5.82 Å². The Bertz CT molecular complexity index is 931. The molecule has 0 aliphatic carbocycles. The number of pyridine rings is 1. The first-order valence-electron chi connectivity index (χ1n) is 6.55. The minimum absolute atomic E-state index is 0.0168. The lowest BCUT2D eigenvalue weighted by molar-refractivity contribution is 0.102. The van der Waals surface area contributed by atoms with Crippen LogP contribution >= 0.6 is 0 Å². The van der Waals surface area contributed by atoms with Gasteiger partial charge in [-0.05, 0) is 37.3 Å². The molecule has 2 aromatic heterocycles. The summed E-state index contributed by atoms with van der Waals surface area (Å²) in [5.41, 5.74) is 0.0683. The maximum Gasteiger partial charge on any atom is 0.349 e. The molecule has 0 spiro atoms. The highest BCUT2D eigenvalue weighted by atomic mass is 16.4. The van der Waals surface area contributed by atoms with Crippen LogP contribution in [0, 0.1) is 6.92 Å². The molecule has 2 heterocycles. The number of amides is 1. The summed E-state index contributed by atoms with van der Waals surface area (Å²) in [6.45, 7) is 1.80. The van der Waals surface area contributed by atoms with Gasteiger partial charge >= 0.3 is 5.63 Å². The summed E-state index contributed by atoms with van der Waals surface area (Å²) in [7, 11) is 0. The third-order valence-electron chi connectivity index (χ3n) is 3.09. The molecule has 0 saturated carbocycles. The molecule has 1 aromatic carbocycles. The van der Waals surface area contributed by atoms with E-state index >= 15 is 0 Å². The average molecular weight is 296 g/mol. The third kappa shape index (κ3) is 2.67. The van der Waals surface area contributed by atoms with Gasteiger partial charge in [0.15, 0.2) is 0 Å². The fourth-order valence-corrected chi connectivity index (χ4v) is 2.05. The van der Waals surface area contributed by atoms with E-state index in [1.165, 1.54) is 18.2 Å². The number of hydrogen-bond donors (Lipinski definition) is 2. The number of fused-ring (bicyclic) bond motifs is 1. The van der Waals surface area contributed by atoms with Gasteiger partial charge in [-0.25, -0.2) is 9.78 Å². The van der Waals surface area contributed by atoms with Crippen molar-refractivity contribution in [3.8, 4) is 5.75 Å². The molecule has 0 unspecified atom stereocenters. The van der Waals surface area contributed by atoms with Crippen molar-refractivity contribution in [1.82, 2.24) is 4.98 Å². The number of phenolic OH excluding ortho intramolecular Hbond substituents is 1. The molecule has 6 nitrogen and oxygen atoms in total. The first kappa shape index (κ1) is 13.8. The highest BCUT2D eigenvalue weighted by Gasteiger charge is 2.14. The van der Waals surface area contributed by atoms with Crippen molar-refractivity contribution in [2.45, 2.75) is 6.92 Å². The number of benzene rings is 1. The van der Waals surface area contributed by atoms with Gasteiger partial charge in [-0.15, -0.1) is 0 Å². The fraction of sp³-hybridized carbons (Fsp3) is 0.0625. The molecule has 0 saturated heterocycles. The van der Waals surface area contributed by atoms with Gasteiger partial charge in [0.25, 0.3) is 5.91 Å². The number of aryl methyl sites for hydroxylation is 1. The number of anilines is 1. The molecule has 0 fully saturated rings. The molecule has 0 atom stereocenters. The van der Waals surface area contributed by atoms with Gasteiger partial charge in [0.2, 0.25) is 0 Å². The topological polar surface area (TPSA) is 92.4 Å². The van der Waals surface area contributed by atoms with Crippen LogP contribution in [-0.4, -0.2) is 16.0 Å². The zero-order chi connectivity index (χ0) is 15.7. The average Bonchev–Trinajstić information content (AvgIpc) is 2.46. The Morgan fingerprint density at radius 1 is 1.23 bits per heavy atom. The molecule has 0 bridgehead atoms. The van der Waals surface area contributed by atoms with E-state index in [1.807, 2.05) is 0 Å². The van der Waals surface area contributed by atoms with Crippen molar-refractivity contribution < 1.29 is 14.3 Å². The number of aromatic hydroxyl groups is 1. The van der Waals surface area contributed by atoms with Gasteiger partial charge in [0.05, 0.1) is 0 Å². The van der Waals surface area contributed by atoms with Crippen LogP contribution in [0.3, 0.4) is 0 Å². The Hall–Kier alpha value is -3.15.